The second-order valence-corrected chi connectivity index (χ2v) is 8.99. The fourth-order valence-electron chi connectivity index (χ4n) is 4.99. The van der Waals surface area contributed by atoms with Gasteiger partial charge in [0.2, 0.25) is 5.91 Å². The Balaban J connectivity index is 1.40. The van der Waals surface area contributed by atoms with Crippen LogP contribution in [0.3, 0.4) is 0 Å². The van der Waals surface area contributed by atoms with E-state index in [0.29, 0.717) is 50.6 Å². The molecule has 7 heteroatoms. The van der Waals surface area contributed by atoms with Crippen LogP contribution in [0.2, 0.25) is 0 Å². The summed E-state index contributed by atoms with van der Waals surface area (Å²) in [5.41, 5.74) is 8.42. The molecule has 32 heavy (non-hydrogen) atoms. The number of piperazine rings is 1. The number of nitrogens with one attached hydrogen (secondary N) is 2. The molecule has 0 aromatic heterocycles. The van der Waals surface area contributed by atoms with E-state index in [0.717, 1.165) is 17.5 Å². The van der Waals surface area contributed by atoms with Crippen molar-refractivity contribution in [2.24, 2.45) is 5.92 Å². The van der Waals surface area contributed by atoms with E-state index in [9.17, 15) is 13.6 Å². The minimum atomic E-state index is -0.279. The van der Waals surface area contributed by atoms with E-state index < -0.39 is 0 Å². The minimum Gasteiger partial charge on any atom is -0.340 e. The second-order valence-electron chi connectivity index (χ2n) is 8.99. The van der Waals surface area contributed by atoms with Crippen LogP contribution < -0.4 is 10.9 Å². The molecule has 2 N–H and O–H groups in total. The number of carbonyl (C=O) groups excluding carboxylic acids is 1. The number of hydrogen-bond donors (Lipinski definition) is 2. The predicted octanol–water partition coefficient (Wildman–Crippen LogP) is 3.48. The van der Waals surface area contributed by atoms with Crippen LogP contribution >= 0.6 is 0 Å². The van der Waals surface area contributed by atoms with Crippen molar-refractivity contribution in [3.63, 3.8) is 0 Å². The maximum atomic E-state index is 13.5. The molecule has 2 atom stereocenters. The first-order valence-electron chi connectivity index (χ1n) is 11.5. The topological polar surface area (TPSA) is 47.6 Å². The highest BCUT2D eigenvalue weighted by Crippen LogP contribution is 2.30. The van der Waals surface area contributed by atoms with E-state index in [1.807, 2.05) is 4.90 Å². The molecular weight excluding hydrogens is 410 g/mol. The minimum absolute atomic E-state index is 0.106. The Bertz CT molecular complexity index is 842. The fraction of sp³-hybridized carbons (Fsp3) is 0.480. The van der Waals surface area contributed by atoms with Crippen molar-refractivity contribution in [3.8, 4) is 0 Å². The number of rotatable bonds is 6. The molecule has 2 saturated heterocycles. The molecule has 2 heterocycles. The van der Waals surface area contributed by atoms with Crippen molar-refractivity contribution in [1.82, 2.24) is 20.7 Å². The molecule has 5 nitrogen and oxygen atoms in total. The van der Waals surface area contributed by atoms with Gasteiger partial charge in [-0.1, -0.05) is 24.3 Å². The molecule has 2 aromatic rings. The summed E-state index contributed by atoms with van der Waals surface area (Å²) in [4.78, 5) is 17.1. The van der Waals surface area contributed by atoms with Gasteiger partial charge >= 0.3 is 0 Å². The van der Waals surface area contributed by atoms with Crippen LogP contribution in [0.1, 0.15) is 43.9 Å². The highest BCUT2D eigenvalue weighted by Gasteiger charge is 2.32. The van der Waals surface area contributed by atoms with Crippen molar-refractivity contribution >= 4 is 5.91 Å². The van der Waals surface area contributed by atoms with Gasteiger partial charge in [0, 0.05) is 44.7 Å². The van der Waals surface area contributed by atoms with Crippen LogP contribution in [0.15, 0.2) is 48.5 Å². The third-order valence-electron chi connectivity index (χ3n) is 6.92. The summed E-state index contributed by atoms with van der Waals surface area (Å²) in [6, 6.07) is 13.6. The van der Waals surface area contributed by atoms with E-state index in [-0.39, 0.29) is 23.6 Å². The summed E-state index contributed by atoms with van der Waals surface area (Å²) in [5, 5.41) is 0. The van der Waals surface area contributed by atoms with Crippen LogP contribution in [-0.2, 0) is 4.79 Å². The molecule has 2 unspecified atom stereocenters. The predicted molar refractivity (Wildman–Crippen MR) is 121 cm³/mol. The van der Waals surface area contributed by atoms with Crippen LogP contribution in [0.5, 0.6) is 0 Å². The molecule has 2 aromatic carbocycles. The molecule has 1 amide bonds. The summed E-state index contributed by atoms with van der Waals surface area (Å²) in [5.74, 6) is 0.0919. The van der Waals surface area contributed by atoms with Crippen LogP contribution in [0.4, 0.5) is 8.78 Å². The van der Waals surface area contributed by atoms with Gasteiger partial charge in [-0.05, 0) is 61.6 Å². The monoisotopic (exact) mass is 442 g/mol. The van der Waals surface area contributed by atoms with Gasteiger partial charge in [0.05, 0.1) is 6.04 Å². The van der Waals surface area contributed by atoms with Gasteiger partial charge in [0.1, 0.15) is 11.6 Å². The Labute approximate surface area is 188 Å². The molecule has 0 aliphatic carbocycles. The zero-order valence-electron chi connectivity index (χ0n) is 18.7. The molecule has 2 aliphatic heterocycles. The average molecular weight is 443 g/mol. The smallest absolute Gasteiger partial charge is 0.222 e. The third-order valence-corrected chi connectivity index (χ3v) is 6.92. The van der Waals surface area contributed by atoms with Gasteiger partial charge in [-0.3, -0.25) is 20.5 Å². The maximum Gasteiger partial charge on any atom is 0.222 e. The Morgan fingerprint density at radius 3 is 1.81 bits per heavy atom. The number of nitrogens with zero attached hydrogens (tertiary/aromatic N) is 2. The molecule has 4 rings (SSSR count). The Kier molecular flexibility index (Phi) is 7.18. The summed E-state index contributed by atoms with van der Waals surface area (Å²) >= 11 is 0. The van der Waals surface area contributed by atoms with Gasteiger partial charge in [-0.15, -0.1) is 0 Å². The number of amides is 1. The quantitative estimate of drug-likeness (QED) is 0.719. The largest absolute Gasteiger partial charge is 0.340 e. The van der Waals surface area contributed by atoms with Crippen LogP contribution in [0.25, 0.3) is 0 Å². The first-order chi connectivity index (χ1) is 15.4. The molecule has 0 bridgehead atoms. The lowest BCUT2D eigenvalue weighted by atomic mass is 9.91. The number of hydrazine groups is 1. The first kappa shape index (κ1) is 22.8. The third kappa shape index (κ3) is 5.17. The van der Waals surface area contributed by atoms with Gasteiger partial charge in [0.25, 0.3) is 0 Å². The highest BCUT2D eigenvalue weighted by atomic mass is 19.1. The molecule has 2 fully saturated rings. The van der Waals surface area contributed by atoms with Crippen molar-refractivity contribution in [3.05, 3.63) is 71.3 Å². The van der Waals surface area contributed by atoms with Crippen molar-refractivity contribution in [1.29, 1.82) is 0 Å². The van der Waals surface area contributed by atoms with Crippen LogP contribution in [0, 0.1) is 17.6 Å². The number of halogens is 2. The number of carbonyl (C=O) groups is 1. The molecule has 2 aliphatic rings. The SMILES string of the molecule is CC1NNC(C)C1CCC(=O)N1CCN(C(c2ccc(F)cc2)c2ccc(F)cc2)CC1. The van der Waals surface area contributed by atoms with Crippen molar-refractivity contribution < 1.29 is 13.6 Å². The fourth-order valence-corrected chi connectivity index (χ4v) is 4.99. The van der Waals surface area contributed by atoms with E-state index in [2.05, 4.69) is 29.6 Å². The summed E-state index contributed by atoms with van der Waals surface area (Å²) in [6.07, 6.45) is 1.43. The van der Waals surface area contributed by atoms with E-state index in [1.54, 1.807) is 24.3 Å². The molecule has 172 valence electrons. The van der Waals surface area contributed by atoms with Crippen molar-refractivity contribution in [2.45, 2.75) is 44.8 Å². The lowest BCUT2D eigenvalue weighted by Gasteiger charge is -2.40. The van der Waals surface area contributed by atoms with E-state index in [4.69, 9.17) is 0 Å². The molecule has 0 spiro atoms. The van der Waals surface area contributed by atoms with E-state index in [1.165, 1.54) is 24.3 Å². The molecule has 0 saturated carbocycles. The Morgan fingerprint density at radius 1 is 0.875 bits per heavy atom. The van der Waals surface area contributed by atoms with Gasteiger partial charge in [-0.25, -0.2) is 8.78 Å². The average Bonchev–Trinajstić information content (AvgIpc) is 3.12. The Morgan fingerprint density at radius 2 is 1.34 bits per heavy atom. The standard InChI is InChI=1S/C25H32F2N4O/c1-17-23(18(2)29-28-17)11-12-24(32)30-13-15-31(16-14-30)25(19-3-7-21(26)8-4-19)20-5-9-22(27)10-6-20/h3-10,17-18,23,25,28-29H,11-16H2,1-2H3. The number of hydrogen-bond acceptors (Lipinski definition) is 4. The Hall–Kier alpha value is -2.35. The van der Waals surface area contributed by atoms with E-state index >= 15 is 0 Å². The van der Waals surface area contributed by atoms with Gasteiger partial charge < -0.3 is 4.90 Å². The molecule has 0 radical (unpaired) electrons. The zero-order valence-corrected chi connectivity index (χ0v) is 18.7. The summed E-state index contributed by atoms with van der Waals surface area (Å²) in [6.45, 7) is 7.04. The lowest BCUT2D eigenvalue weighted by molar-refractivity contribution is -0.133. The zero-order chi connectivity index (χ0) is 22.7. The van der Waals surface area contributed by atoms with Gasteiger partial charge in [-0.2, -0.15) is 0 Å². The number of benzene rings is 2. The maximum absolute atomic E-state index is 13.5. The summed E-state index contributed by atoms with van der Waals surface area (Å²) in [7, 11) is 0. The highest BCUT2D eigenvalue weighted by molar-refractivity contribution is 5.76. The normalized spacial score (nSPS) is 24.3. The summed E-state index contributed by atoms with van der Waals surface area (Å²) < 4.78 is 27.0. The van der Waals surface area contributed by atoms with Gasteiger partial charge in [0.15, 0.2) is 0 Å². The molecular formula is C25H32F2N4O. The lowest BCUT2D eigenvalue weighted by Crippen LogP contribution is -2.50. The first-order valence-corrected chi connectivity index (χ1v) is 11.5. The van der Waals surface area contributed by atoms with Crippen LogP contribution in [-0.4, -0.2) is 54.0 Å². The van der Waals surface area contributed by atoms with Crippen molar-refractivity contribution in [2.75, 3.05) is 26.2 Å². The second kappa shape index (κ2) is 10.1.